The first-order chi connectivity index (χ1) is 14.4. The summed E-state index contributed by atoms with van der Waals surface area (Å²) < 4.78 is 20.2. The first kappa shape index (κ1) is 20.5. The van der Waals surface area contributed by atoms with Gasteiger partial charge in [-0.15, -0.1) is 10.2 Å². The number of ether oxygens (including phenoxy) is 1. The number of carbonyl (C=O) groups is 2. The highest BCUT2D eigenvalue weighted by Crippen LogP contribution is 2.34. The molecule has 2 amide bonds. The number of rotatable bonds is 6. The van der Waals surface area contributed by atoms with E-state index in [4.69, 9.17) is 10.5 Å². The number of aromatic nitrogens is 2. The fourth-order valence-corrected chi connectivity index (χ4v) is 4.74. The lowest BCUT2D eigenvalue weighted by atomic mass is 9.89. The predicted molar refractivity (Wildman–Crippen MR) is 111 cm³/mol. The Bertz CT molecular complexity index is 944. The second kappa shape index (κ2) is 8.55. The summed E-state index contributed by atoms with van der Waals surface area (Å²) in [5.41, 5.74) is 6.28. The van der Waals surface area contributed by atoms with Gasteiger partial charge in [0.15, 0.2) is 0 Å². The molecule has 2 aliphatic rings. The number of benzene rings is 1. The van der Waals surface area contributed by atoms with Crippen LogP contribution in [0.5, 0.6) is 0 Å². The lowest BCUT2D eigenvalue weighted by Crippen LogP contribution is -2.33. The van der Waals surface area contributed by atoms with E-state index in [2.05, 4.69) is 15.1 Å². The molecule has 4 rings (SSSR count). The molecule has 2 aliphatic heterocycles. The molecule has 2 fully saturated rings. The van der Waals surface area contributed by atoms with E-state index < -0.39 is 18.1 Å². The van der Waals surface area contributed by atoms with Gasteiger partial charge in [0, 0.05) is 19.5 Å². The molecule has 0 unspecified atom stereocenters. The van der Waals surface area contributed by atoms with Crippen molar-refractivity contribution in [1.29, 1.82) is 0 Å². The average Bonchev–Trinajstić information content (AvgIpc) is 3.32. The molecule has 1 aromatic carbocycles. The Morgan fingerprint density at radius 2 is 2.10 bits per heavy atom. The van der Waals surface area contributed by atoms with Crippen molar-refractivity contribution in [3.63, 3.8) is 0 Å². The highest BCUT2D eigenvalue weighted by Gasteiger charge is 2.33. The number of hydrogen-bond acceptors (Lipinski definition) is 7. The van der Waals surface area contributed by atoms with Crippen molar-refractivity contribution in [1.82, 2.24) is 10.2 Å². The lowest BCUT2D eigenvalue weighted by molar-refractivity contribution is -0.118. The number of nitrogens with two attached hydrogens (primary N) is 1. The monoisotopic (exact) mass is 433 g/mol. The molecule has 160 valence electrons. The van der Waals surface area contributed by atoms with Crippen molar-refractivity contribution in [2.24, 2.45) is 5.73 Å². The smallest absolute Gasteiger partial charge is 0.414 e. The normalized spacial score (nSPS) is 19.9. The second-order valence-electron chi connectivity index (χ2n) is 7.69. The molecule has 3 heterocycles. The summed E-state index contributed by atoms with van der Waals surface area (Å²) in [6, 6.07) is 4.92. The van der Waals surface area contributed by atoms with Crippen LogP contribution < -0.4 is 15.5 Å². The molecular weight excluding hydrogens is 409 g/mol. The van der Waals surface area contributed by atoms with Gasteiger partial charge in [-0.1, -0.05) is 17.4 Å². The zero-order chi connectivity index (χ0) is 21.3. The number of hydrogen-bond donors (Lipinski definition) is 1. The van der Waals surface area contributed by atoms with Gasteiger partial charge in [0.2, 0.25) is 11.0 Å². The maximum absolute atomic E-state index is 14.9. The van der Waals surface area contributed by atoms with E-state index in [1.54, 1.807) is 23.5 Å². The van der Waals surface area contributed by atoms with Gasteiger partial charge >= 0.3 is 6.09 Å². The average molecular weight is 434 g/mol. The van der Waals surface area contributed by atoms with E-state index in [0.29, 0.717) is 17.7 Å². The first-order valence-corrected chi connectivity index (χ1v) is 10.8. The molecule has 0 bridgehead atoms. The van der Waals surface area contributed by atoms with Crippen molar-refractivity contribution in [2.45, 2.75) is 44.6 Å². The van der Waals surface area contributed by atoms with Gasteiger partial charge in [0.1, 0.15) is 16.9 Å². The quantitative estimate of drug-likeness (QED) is 0.752. The third-order valence-corrected chi connectivity index (χ3v) is 6.50. The van der Waals surface area contributed by atoms with E-state index in [9.17, 15) is 14.0 Å². The topological polar surface area (TPSA) is 102 Å². The zero-order valence-electron chi connectivity index (χ0n) is 16.7. The number of halogens is 1. The van der Waals surface area contributed by atoms with Crippen molar-refractivity contribution >= 4 is 34.2 Å². The van der Waals surface area contributed by atoms with Crippen molar-refractivity contribution in [3.05, 3.63) is 34.6 Å². The van der Waals surface area contributed by atoms with E-state index in [1.807, 2.05) is 6.92 Å². The number of aryl methyl sites for hydroxylation is 1. The Morgan fingerprint density at radius 3 is 2.73 bits per heavy atom. The van der Waals surface area contributed by atoms with Gasteiger partial charge in [-0.3, -0.25) is 9.69 Å². The van der Waals surface area contributed by atoms with Crippen LogP contribution in [0.3, 0.4) is 0 Å². The van der Waals surface area contributed by atoms with Crippen LogP contribution in [0, 0.1) is 12.7 Å². The summed E-state index contributed by atoms with van der Waals surface area (Å²) in [5.74, 6) is -0.628. The van der Waals surface area contributed by atoms with Crippen LogP contribution in [0.4, 0.5) is 20.0 Å². The maximum Gasteiger partial charge on any atom is 0.414 e. The van der Waals surface area contributed by atoms with E-state index >= 15 is 0 Å². The number of primary amides is 1. The van der Waals surface area contributed by atoms with E-state index in [0.717, 1.165) is 36.1 Å². The molecule has 0 aliphatic carbocycles. The minimum atomic E-state index is -0.530. The molecule has 30 heavy (non-hydrogen) atoms. The SMILES string of the molecule is Cc1nnc(N2CCC(c3ccc(N4C[C@H](CCC(N)=O)OC4=O)cc3F)CC2)s1. The highest BCUT2D eigenvalue weighted by atomic mass is 32.1. The first-order valence-electron chi connectivity index (χ1n) is 10.0. The van der Waals surface area contributed by atoms with Gasteiger partial charge in [-0.25, -0.2) is 9.18 Å². The van der Waals surface area contributed by atoms with Crippen LogP contribution in [0.15, 0.2) is 18.2 Å². The molecular formula is C20H24FN5O3S. The molecule has 0 saturated carbocycles. The number of anilines is 2. The van der Waals surface area contributed by atoms with Gasteiger partial charge in [-0.05, 0) is 49.8 Å². The highest BCUT2D eigenvalue weighted by molar-refractivity contribution is 7.15. The fourth-order valence-electron chi connectivity index (χ4n) is 4.00. The molecule has 1 aromatic heterocycles. The van der Waals surface area contributed by atoms with Crippen molar-refractivity contribution < 1.29 is 18.7 Å². The minimum Gasteiger partial charge on any atom is -0.444 e. The standard InChI is InChI=1S/C20H24FN5O3S/c1-12-23-24-19(30-12)25-8-6-13(7-9-25)16-4-2-14(10-17(16)21)26-11-15(29-20(26)28)3-5-18(22)27/h2,4,10,13,15H,3,5-9,11H2,1H3,(H2,22,27)/t15-/m0/s1. The van der Waals surface area contributed by atoms with Crippen LogP contribution in [-0.4, -0.2) is 47.9 Å². The Morgan fingerprint density at radius 1 is 1.33 bits per heavy atom. The Labute approximate surface area is 177 Å². The molecule has 0 radical (unpaired) electrons. The Hall–Kier alpha value is -2.75. The molecule has 2 aromatic rings. The van der Waals surface area contributed by atoms with Gasteiger partial charge in [0.25, 0.3) is 0 Å². The summed E-state index contributed by atoms with van der Waals surface area (Å²) >= 11 is 1.57. The molecule has 0 spiro atoms. The summed E-state index contributed by atoms with van der Waals surface area (Å²) in [7, 11) is 0. The second-order valence-corrected chi connectivity index (χ2v) is 8.85. The molecule has 10 heteroatoms. The number of nitrogens with zero attached hydrogens (tertiary/aromatic N) is 4. The van der Waals surface area contributed by atoms with Gasteiger partial charge < -0.3 is 15.4 Å². The van der Waals surface area contributed by atoms with Gasteiger partial charge in [0.05, 0.1) is 12.2 Å². The summed E-state index contributed by atoms with van der Waals surface area (Å²) in [6.45, 7) is 3.83. The zero-order valence-corrected chi connectivity index (χ0v) is 17.5. The molecule has 1 atom stereocenters. The molecule has 2 N–H and O–H groups in total. The van der Waals surface area contributed by atoms with Crippen LogP contribution >= 0.6 is 11.3 Å². The number of carbonyl (C=O) groups excluding carboxylic acids is 2. The van der Waals surface area contributed by atoms with Gasteiger partial charge in [-0.2, -0.15) is 0 Å². The third-order valence-electron chi connectivity index (χ3n) is 5.60. The van der Waals surface area contributed by atoms with E-state index in [1.165, 1.54) is 11.0 Å². The number of piperidine rings is 1. The summed E-state index contributed by atoms with van der Waals surface area (Å²) in [4.78, 5) is 26.7. The largest absolute Gasteiger partial charge is 0.444 e. The third kappa shape index (κ3) is 4.38. The minimum absolute atomic E-state index is 0.123. The van der Waals surface area contributed by atoms with Crippen LogP contribution in [0.25, 0.3) is 0 Å². The van der Waals surface area contributed by atoms with Crippen molar-refractivity contribution in [3.8, 4) is 0 Å². The Balaban J connectivity index is 1.39. The maximum atomic E-state index is 14.9. The van der Waals surface area contributed by atoms with Crippen LogP contribution in [-0.2, 0) is 9.53 Å². The van der Waals surface area contributed by atoms with Crippen LogP contribution in [0.1, 0.15) is 42.2 Å². The van der Waals surface area contributed by atoms with Crippen LogP contribution in [0.2, 0.25) is 0 Å². The predicted octanol–water partition coefficient (Wildman–Crippen LogP) is 2.96. The number of amides is 2. The van der Waals surface area contributed by atoms with Crippen molar-refractivity contribution in [2.75, 3.05) is 29.4 Å². The molecule has 8 nitrogen and oxygen atoms in total. The number of cyclic esters (lactones) is 1. The fraction of sp³-hybridized carbons (Fsp3) is 0.500. The van der Waals surface area contributed by atoms with E-state index in [-0.39, 0.29) is 24.7 Å². The lowest BCUT2D eigenvalue weighted by Gasteiger charge is -2.32. The molecule has 2 saturated heterocycles. The summed E-state index contributed by atoms with van der Waals surface area (Å²) in [6.07, 6.45) is 1.23. The Kier molecular flexibility index (Phi) is 5.85. The summed E-state index contributed by atoms with van der Waals surface area (Å²) in [5, 5.41) is 10.1.